The molecule has 11 nitrogen and oxygen atoms in total. The molecule has 2 aromatic carbocycles. The van der Waals surface area contributed by atoms with Crippen molar-refractivity contribution in [2.24, 2.45) is 5.73 Å². The van der Waals surface area contributed by atoms with Crippen molar-refractivity contribution in [2.45, 2.75) is 55.0 Å². The van der Waals surface area contributed by atoms with Crippen LogP contribution in [0.4, 0.5) is 30.7 Å². The van der Waals surface area contributed by atoms with Gasteiger partial charge in [-0.05, 0) is 50.1 Å². The third-order valence-corrected chi connectivity index (χ3v) is 9.21. The van der Waals surface area contributed by atoms with E-state index in [9.17, 15) is 45.4 Å². The van der Waals surface area contributed by atoms with Gasteiger partial charge in [-0.2, -0.15) is 35.8 Å². The fraction of sp³-hybridized carbons (Fsp3) is 0.375. The first-order valence-corrected chi connectivity index (χ1v) is 15.0. The Balaban J connectivity index is 1.30. The molecular weight excluding hydrogens is 683 g/mol. The van der Waals surface area contributed by atoms with Gasteiger partial charge in [-0.1, -0.05) is 6.07 Å². The van der Waals surface area contributed by atoms with Gasteiger partial charge in [-0.15, -0.1) is 0 Å². The molecule has 1 aliphatic carbocycles. The second-order valence-corrected chi connectivity index (χ2v) is 12.6. The van der Waals surface area contributed by atoms with E-state index < -0.39 is 76.9 Å². The molecule has 1 unspecified atom stereocenters. The lowest BCUT2D eigenvalue weighted by Gasteiger charge is -2.31. The molecule has 2 aliphatic heterocycles. The molecule has 1 fully saturated rings. The molecular formula is C32H26F7N5O6. The van der Waals surface area contributed by atoms with Crippen molar-refractivity contribution in [2.75, 3.05) is 20.3 Å². The normalized spacial score (nSPS) is 21.5. The smallest absolute Gasteiger partial charge is 0.469 e. The Morgan fingerprint density at radius 2 is 1.84 bits per heavy atom. The molecule has 0 bridgehead atoms. The van der Waals surface area contributed by atoms with Gasteiger partial charge in [-0.3, -0.25) is 14.3 Å². The number of methoxy groups -OCH3 is 1. The maximum absolute atomic E-state index is 14.9. The SMILES string of the molecule is COc1cc(C(=O)NCC(O)(c2cc3c(c(-c4ccc5c(c4)OC(F)(F)C5(F)F)n2)OC[C@]3(C)C(N)=O)C(F)(F)F)cc2cn(C3CC3)nc12. The number of nitrogens with two attached hydrogens (primary N) is 1. The second-order valence-electron chi connectivity index (χ2n) is 12.6. The summed E-state index contributed by atoms with van der Waals surface area (Å²) in [5, 5.41) is 18.4. The predicted molar refractivity (Wildman–Crippen MR) is 158 cm³/mol. The molecule has 0 spiro atoms. The quantitative estimate of drug-likeness (QED) is 0.220. The number of fused-ring (bicyclic) bond motifs is 3. The van der Waals surface area contributed by atoms with Crippen LogP contribution in [-0.2, 0) is 21.7 Å². The Labute approximate surface area is 277 Å². The highest BCUT2D eigenvalue weighted by atomic mass is 19.4. The van der Waals surface area contributed by atoms with E-state index in [1.807, 2.05) is 0 Å². The summed E-state index contributed by atoms with van der Waals surface area (Å²) in [4.78, 5) is 29.8. The lowest BCUT2D eigenvalue weighted by atomic mass is 9.81. The molecule has 18 heteroatoms. The van der Waals surface area contributed by atoms with Crippen LogP contribution < -0.4 is 25.3 Å². The second kappa shape index (κ2) is 10.7. The molecule has 4 heterocycles. The number of benzene rings is 2. The van der Waals surface area contributed by atoms with Gasteiger partial charge in [0.25, 0.3) is 5.91 Å². The van der Waals surface area contributed by atoms with Gasteiger partial charge in [0.1, 0.15) is 40.5 Å². The molecule has 4 N–H and O–H groups in total. The molecule has 264 valence electrons. The summed E-state index contributed by atoms with van der Waals surface area (Å²) in [5.41, 5.74) is -3.28. The highest BCUT2D eigenvalue weighted by Gasteiger charge is 2.66. The van der Waals surface area contributed by atoms with Crippen molar-refractivity contribution < 1.29 is 59.6 Å². The van der Waals surface area contributed by atoms with Gasteiger partial charge in [0.05, 0.1) is 31.0 Å². The number of alkyl halides is 7. The van der Waals surface area contributed by atoms with E-state index >= 15 is 0 Å². The molecule has 7 rings (SSSR count). The topological polar surface area (TPSA) is 151 Å². The van der Waals surface area contributed by atoms with E-state index in [0.29, 0.717) is 23.0 Å². The fourth-order valence-corrected chi connectivity index (χ4v) is 5.95. The van der Waals surface area contributed by atoms with Gasteiger partial charge >= 0.3 is 18.2 Å². The maximum atomic E-state index is 14.9. The van der Waals surface area contributed by atoms with Crippen LogP contribution in [0.2, 0.25) is 0 Å². The Hall–Kier alpha value is -5.13. The molecule has 1 saturated carbocycles. The van der Waals surface area contributed by atoms with Crippen LogP contribution >= 0.6 is 0 Å². The zero-order valence-corrected chi connectivity index (χ0v) is 26.0. The molecule has 0 saturated heterocycles. The van der Waals surface area contributed by atoms with Crippen molar-refractivity contribution in [3.05, 3.63) is 65.0 Å². The number of halogens is 7. The number of carbonyl (C=O) groups excluding carboxylic acids is 2. The number of ether oxygens (including phenoxy) is 3. The minimum atomic E-state index is -5.53. The van der Waals surface area contributed by atoms with Crippen LogP contribution in [0.15, 0.2) is 42.6 Å². The number of aromatic nitrogens is 3. The van der Waals surface area contributed by atoms with E-state index in [1.165, 1.54) is 26.2 Å². The lowest BCUT2D eigenvalue weighted by Crippen LogP contribution is -2.51. The number of aliphatic hydroxyl groups is 1. The first kappa shape index (κ1) is 33.4. The van der Waals surface area contributed by atoms with Gasteiger partial charge < -0.3 is 30.4 Å². The standard InChI is InChI=1S/C32H26F7N5O6/c1-28(27(40)46)13-49-25-19(28)10-22(42-24(25)14-3-6-18-20(8-14)50-32(38,39)30(18,33)34)29(47,31(35,36)37)12-41-26(45)15-7-16-11-44(17-4-5-17)43-23(16)21(9-15)48-2/h3,6-11,17,47H,4-5,12-13H2,1-2H3,(H2,40,46)(H,41,45)/t28-,29?/m0/s1. The van der Waals surface area contributed by atoms with E-state index in [0.717, 1.165) is 25.0 Å². The number of primary amides is 1. The van der Waals surface area contributed by atoms with Crippen LogP contribution in [0.25, 0.3) is 22.2 Å². The highest BCUT2D eigenvalue weighted by Crippen LogP contribution is 2.55. The minimum Gasteiger partial charge on any atom is -0.494 e. The fourth-order valence-electron chi connectivity index (χ4n) is 5.95. The molecule has 50 heavy (non-hydrogen) atoms. The summed E-state index contributed by atoms with van der Waals surface area (Å²) >= 11 is 0. The Morgan fingerprint density at radius 1 is 1.12 bits per heavy atom. The summed E-state index contributed by atoms with van der Waals surface area (Å²) in [5.74, 6) is -7.90. The summed E-state index contributed by atoms with van der Waals surface area (Å²) in [6.07, 6.45) is -6.95. The monoisotopic (exact) mass is 709 g/mol. The summed E-state index contributed by atoms with van der Waals surface area (Å²) in [6, 6.07) is 5.76. The van der Waals surface area contributed by atoms with E-state index in [1.54, 1.807) is 10.9 Å². The Morgan fingerprint density at radius 3 is 2.48 bits per heavy atom. The van der Waals surface area contributed by atoms with Crippen LogP contribution in [-0.4, -0.2) is 64.2 Å². The summed E-state index contributed by atoms with van der Waals surface area (Å²) in [7, 11) is 1.33. The zero-order chi connectivity index (χ0) is 36.2. The van der Waals surface area contributed by atoms with Crippen LogP contribution in [0.1, 0.15) is 53.0 Å². The zero-order valence-electron chi connectivity index (χ0n) is 26.0. The van der Waals surface area contributed by atoms with Crippen molar-refractivity contribution in [1.82, 2.24) is 20.1 Å². The molecule has 3 aliphatic rings. The first-order chi connectivity index (χ1) is 23.3. The lowest BCUT2D eigenvalue weighted by molar-refractivity contribution is -0.296. The van der Waals surface area contributed by atoms with E-state index in [2.05, 4.69) is 20.1 Å². The summed E-state index contributed by atoms with van der Waals surface area (Å²) < 4.78 is 118. The van der Waals surface area contributed by atoms with Crippen LogP contribution in [0, 0.1) is 0 Å². The van der Waals surface area contributed by atoms with Crippen molar-refractivity contribution in [1.29, 1.82) is 0 Å². The van der Waals surface area contributed by atoms with Gasteiger partial charge in [-0.25, -0.2) is 4.98 Å². The maximum Gasteiger partial charge on any atom is 0.469 e. The number of hydrogen-bond acceptors (Lipinski definition) is 8. The number of nitrogens with one attached hydrogen (secondary N) is 1. The third-order valence-electron chi connectivity index (χ3n) is 9.21. The van der Waals surface area contributed by atoms with Crippen LogP contribution in [0.5, 0.6) is 17.2 Å². The average molecular weight is 710 g/mol. The minimum absolute atomic E-state index is 0.113. The number of rotatable bonds is 8. The molecule has 2 aromatic heterocycles. The Kier molecular flexibility index (Phi) is 7.13. The van der Waals surface area contributed by atoms with Crippen molar-refractivity contribution in [3.8, 4) is 28.5 Å². The Bertz CT molecular complexity index is 2100. The van der Waals surface area contributed by atoms with E-state index in [-0.39, 0.29) is 34.2 Å². The van der Waals surface area contributed by atoms with E-state index in [4.69, 9.17) is 15.2 Å². The third kappa shape index (κ3) is 4.90. The number of pyridine rings is 1. The predicted octanol–water partition coefficient (Wildman–Crippen LogP) is 4.83. The van der Waals surface area contributed by atoms with Gasteiger partial charge in [0, 0.05) is 28.3 Å². The highest BCUT2D eigenvalue weighted by molar-refractivity contribution is 6.00. The largest absolute Gasteiger partial charge is 0.494 e. The molecule has 2 amide bonds. The van der Waals surface area contributed by atoms with Crippen LogP contribution in [0.3, 0.4) is 0 Å². The summed E-state index contributed by atoms with van der Waals surface area (Å²) in [6.45, 7) is -0.733. The van der Waals surface area contributed by atoms with Crippen molar-refractivity contribution >= 4 is 22.7 Å². The molecule has 4 aromatic rings. The van der Waals surface area contributed by atoms with Gasteiger partial charge in [0.15, 0.2) is 0 Å². The first-order valence-electron chi connectivity index (χ1n) is 15.0. The van der Waals surface area contributed by atoms with Crippen molar-refractivity contribution in [3.63, 3.8) is 0 Å². The number of carbonyl (C=O) groups is 2. The van der Waals surface area contributed by atoms with Gasteiger partial charge in [0.2, 0.25) is 11.5 Å². The number of nitrogens with zero attached hydrogens (tertiary/aromatic N) is 3. The molecule has 2 atom stereocenters. The average Bonchev–Trinajstić information content (AvgIpc) is 3.67. The number of amides is 2. The molecule has 0 radical (unpaired) electrons. The number of hydrogen-bond donors (Lipinski definition) is 3.